The first-order valence-corrected chi connectivity index (χ1v) is 12.6. The highest BCUT2D eigenvalue weighted by molar-refractivity contribution is 6.03. The highest BCUT2D eigenvalue weighted by atomic mass is 16.3. The SMILES string of the molecule is CCC(CC)(c1ccc(CCC(O)C(C)(C)C)c(C)c1)c1ccc2c(c1)C(C)=C(C(C)=O)C2. The lowest BCUT2D eigenvalue weighted by Crippen LogP contribution is -2.27. The number of hydrogen-bond donors (Lipinski definition) is 1. The molecule has 2 aromatic carbocycles. The number of aliphatic hydroxyl groups excluding tert-OH is 1. The molecule has 0 aromatic heterocycles. The number of carbonyl (C=O) groups excluding carboxylic acids is 1. The zero-order valence-corrected chi connectivity index (χ0v) is 21.9. The van der Waals surface area contributed by atoms with Crippen molar-refractivity contribution in [3.05, 3.63) is 75.4 Å². The molecule has 33 heavy (non-hydrogen) atoms. The van der Waals surface area contributed by atoms with Gasteiger partial charge in [-0.05, 0) is 90.8 Å². The molecule has 2 heteroatoms. The van der Waals surface area contributed by atoms with Crippen LogP contribution >= 0.6 is 0 Å². The molecular weight excluding hydrogens is 404 g/mol. The molecule has 0 aliphatic heterocycles. The second-order valence-corrected chi connectivity index (χ2v) is 11.1. The van der Waals surface area contributed by atoms with Gasteiger partial charge >= 0.3 is 0 Å². The van der Waals surface area contributed by atoms with E-state index in [1.54, 1.807) is 6.92 Å². The molecule has 0 radical (unpaired) electrons. The van der Waals surface area contributed by atoms with Crippen LogP contribution in [0.1, 0.15) is 101 Å². The second kappa shape index (κ2) is 9.58. The smallest absolute Gasteiger partial charge is 0.156 e. The monoisotopic (exact) mass is 446 g/mol. The average molecular weight is 447 g/mol. The van der Waals surface area contributed by atoms with Crippen molar-refractivity contribution < 1.29 is 9.90 Å². The van der Waals surface area contributed by atoms with Crippen molar-refractivity contribution in [1.29, 1.82) is 0 Å². The van der Waals surface area contributed by atoms with Crippen LogP contribution in [-0.4, -0.2) is 17.0 Å². The maximum atomic E-state index is 12.1. The van der Waals surface area contributed by atoms with E-state index in [1.807, 2.05) is 0 Å². The fourth-order valence-electron chi connectivity index (χ4n) is 5.48. The number of fused-ring (bicyclic) bond motifs is 1. The van der Waals surface area contributed by atoms with Gasteiger partial charge in [-0.15, -0.1) is 0 Å². The summed E-state index contributed by atoms with van der Waals surface area (Å²) in [6.45, 7) is 16.8. The lowest BCUT2D eigenvalue weighted by Gasteiger charge is -2.34. The van der Waals surface area contributed by atoms with Crippen LogP contribution in [-0.2, 0) is 23.1 Å². The summed E-state index contributed by atoms with van der Waals surface area (Å²) >= 11 is 0. The third-order valence-electron chi connectivity index (χ3n) is 8.10. The standard InChI is InChI=1S/C31H42O2/c1-9-31(10-2,26-15-12-24-18-27(22(5)32)21(4)28(24)19-26)25-14-11-23(20(3)17-25)13-16-29(33)30(6,7)8/h11-12,14-15,17,19,29,33H,9-10,13,16,18H2,1-8H3. The van der Waals surface area contributed by atoms with Gasteiger partial charge in [0.25, 0.3) is 0 Å². The van der Waals surface area contributed by atoms with Crippen LogP contribution < -0.4 is 0 Å². The number of ketones is 1. The van der Waals surface area contributed by atoms with Crippen LogP contribution in [0.4, 0.5) is 0 Å². The first kappa shape index (κ1) is 25.4. The Morgan fingerprint density at radius 1 is 1.00 bits per heavy atom. The Morgan fingerprint density at radius 2 is 1.61 bits per heavy atom. The first-order chi connectivity index (χ1) is 15.4. The molecule has 3 rings (SSSR count). The summed E-state index contributed by atoms with van der Waals surface area (Å²) in [5, 5.41) is 10.5. The van der Waals surface area contributed by atoms with E-state index >= 15 is 0 Å². The molecule has 0 bridgehead atoms. The van der Waals surface area contributed by atoms with Gasteiger partial charge in [-0.25, -0.2) is 0 Å². The van der Waals surface area contributed by atoms with Gasteiger partial charge in [0, 0.05) is 17.4 Å². The number of allylic oxidation sites excluding steroid dienone is 2. The number of aryl methyl sites for hydroxylation is 2. The summed E-state index contributed by atoms with van der Waals surface area (Å²) < 4.78 is 0. The maximum Gasteiger partial charge on any atom is 0.156 e. The van der Waals surface area contributed by atoms with Gasteiger partial charge in [-0.2, -0.15) is 0 Å². The zero-order chi connectivity index (χ0) is 24.6. The van der Waals surface area contributed by atoms with Crippen LogP contribution in [0.15, 0.2) is 42.0 Å². The van der Waals surface area contributed by atoms with E-state index in [4.69, 9.17) is 0 Å². The summed E-state index contributed by atoms with van der Waals surface area (Å²) in [5.74, 6) is 0.185. The minimum Gasteiger partial charge on any atom is -0.393 e. The maximum absolute atomic E-state index is 12.1. The van der Waals surface area contributed by atoms with Crippen LogP contribution in [0.2, 0.25) is 0 Å². The molecule has 1 unspecified atom stereocenters. The molecule has 1 aliphatic rings. The fraction of sp³-hybridized carbons (Fsp3) is 0.516. The molecule has 1 atom stereocenters. The molecule has 0 fully saturated rings. The predicted octanol–water partition coefficient (Wildman–Crippen LogP) is 7.36. The minimum atomic E-state index is -0.301. The molecule has 0 saturated heterocycles. The van der Waals surface area contributed by atoms with Gasteiger partial charge in [-0.3, -0.25) is 4.79 Å². The van der Waals surface area contributed by atoms with Crippen molar-refractivity contribution in [1.82, 2.24) is 0 Å². The van der Waals surface area contributed by atoms with Gasteiger partial charge in [0.05, 0.1) is 6.10 Å². The summed E-state index contributed by atoms with van der Waals surface area (Å²) in [6.07, 6.45) is 4.18. The Balaban J connectivity index is 1.97. The number of aliphatic hydroxyl groups is 1. The highest BCUT2D eigenvalue weighted by Crippen LogP contribution is 2.43. The Morgan fingerprint density at radius 3 is 2.15 bits per heavy atom. The molecule has 0 heterocycles. The number of hydrogen-bond acceptors (Lipinski definition) is 2. The van der Waals surface area contributed by atoms with Gasteiger partial charge in [0.2, 0.25) is 0 Å². The Bertz CT molecular complexity index is 1060. The van der Waals surface area contributed by atoms with Crippen molar-refractivity contribution in [2.75, 3.05) is 0 Å². The van der Waals surface area contributed by atoms with Crippen molar-refractivity contribution >= 4 is 11.4 Å². The number of carbonyl (C=O) groups is 1. The molecule has 0 saturated carbocycles. The van der Waals surface area contributed by atoms with Crippen molar-refractivity contribution in [2.45, 2.75) is 99.0 Å². The van der Waals surface area contributed by atoms with Gasteiger partial charge in [-0.1, -0.05) is 71.0 Å². The normalized spacial score (nSPS) is 15.1. The summed E-state index contributed by atoms with van der Waals surface area (Å²) in [6, 6.07) is 13.8. The number of rotatable bonds is 8. The Hall–Kier alpha value is -2.19. The first-order valence-electron chi connectivity index (χ1n) is 12.6. The van der Waals surface area contributed by atoms with Gasteiger partial charge in [0.15, 0.2) is 5.78 Å². The molecule has 1 aliphatic carbocycles. The molecule has 2 aromatic rings. The average Bonchev–Trinajstić information content (AvgIpc) is 3.10. The van der Waals surface area contributed by atoms with Crippen LogP contribution in [0.5, 0.6) is 0 Å². The quantitative estimate of drug-likeness (QED) is 0.460. The van der Waals surface area contributed by atoms with E-state index in [2.05, 4.69) is 84.9 Å². The Kier molecular flexibility index (Phi) is 7.39. The van der Waals surface area contributed by atoms with Crippen molar-refractivity contribution in [3.8, 4) is 0 Å². The summed E-state index contributed by atoms with van der Waals surface area (Å²) in [4.78, 5) is 12.1. The molecule has 178 valence electrons. The largest absolute Gasteiger partial charge is 0.393 e. The molecule has 2 nitrogen and oxygen atoms in total. The third-order valence-corrected chi connectivity index (χ3v) is 8.10. The summed E-state index contributed by atoms with van der Waals surface area (Å²) in [7, 11) is 0. The molecular formula is C31H42O2. The second-order valence-electron chi connectivity index (χ2n) is 11.1. The van der Waals surface area contributed by atoms with Gasteiger partial charge in [0.1, 0.15) is 0 Å². The molecule has 0 amide bonds. The van der Waals surface area contributed by atoms with Crippen LogP contribution in [0.3, 0.4) is 0 Å². The Labute approximate surface area is 201 Å². The van der Waals surface area contributed by atoms with E-state index < -0.39 is 0 Å². The van der Waals surface area contributed by atoms with E-state index in [1.165, 1.54) is 33.4 Å². The third kappa shape index (κ3) is 4.87. The predicted molar refractivity (Wildman–Crippen MR) is 140 cm³/mol. The van der Waals surface area contributed by atoms with E-state index in [0.717, 1.165) is 43.3 Å². The van der Waals surface area contributed by atoms with Crippen molar-refractivity contribution in [3.63, 3.8) is 0 Å². The lowest BCUT2D eigenvalue weighted by atomic mass is 9.69. The van der Waals surface area contributed by atoms with E-state index in [9.17, 15) is 9.90 Å². The highest BCUT2D eigenvalue weighted by Gasteiger charge is 2.33. The number of benzene rings is 2. The van der Waals surface area contributed by atoms with Crippen LogP contribution in [0, 0.1) is 12.3 Å². The number of Topliss-reactive ketones (excluding diaryl/α,β-unsaturated/α-hetero) is 1. The van der Waals surface area contributed by atoms with E-state index in [-0.39, 0.29) is 22.7 Å². The minimum absolute atomic E-state index is 0.0531. The lowest BCUT2D eigenvalue weighted by molar-refractivity contribution is -0.113. The topological polar surface area (TPSA) is 37.3 Å². The molecule has 1 N–H and O–H groups in total. The fourth-order valence-corrected chi connectivity index (χ4v) is 5.48. The van der Waals surface area contributed by atoms with E-state index in [0.29, 0.717) is 0 Å². The molecule has 0 spiro atoms. The zero-order valence-electron chi connectivity index (χ0n) is 21.9. The van der Waals surface area contributed by atoms with Crippen molar-refractivity contribution in [2.24, 2.45) is 5.41 Å². The summed E-state index contributed by atoms with van der Waals surface area (Å²) in [5.41, 5.74) is 9.79. The van der Waals surface area contributed by atoms with Gasteiger partial charge < -0.3 is 5.11 Å². The van der Waals surface area contributed by atoms with Crippen LogP contribution in [0.25, 0.3) is 5.57 Å².